The third kappa shape index (κ3) is 1.95. The van der Waals surface area contributed by atoms with E-state index in [-0.39, 0.29) is 12.5 Å². The lowest BCUT2D eigenvalue weighted by Crippen LogP contribution is -2.23. The molecule has 20 heavy (non-hydrogen) atoms. The van der Waals surface area contributed by atoms with E-state index in [0.29, 0.717) is 0 Å². The number of nitrogens with zero attached hydrogens (tertiary/aromatic N) is 3. The lowest BCUT2D eigenvalue weighted by atomic mass is 9.77. The highest BCUT2D eigenvalue weighted by atomic mass is 19.3. The Morgan fingerprint density at radius 3 is 2.85 bits per heavy atom. The summed E-state index contributed by atoms with van der Waals surface area (Å²) in [6.07, 6.45) is -2.13. The fraction of sp³-hybridized carbons (Fsp3) is 0.308. The minimum absolute atomic E-state index is 0.0760. The average Bonchev–Trinajstić information content (AvgIpc) is 2.80. The van der Waals surface area contributed by atoms with E-state index in [4.69, 9.17) is 5.11 Å². The summed E-state index contributed by atoms with van der Waals surface area (Å²) in [4.78, 5) is 10.9. The van der Waals surface area contributed by atoms with Gasteiger partial charge in [-0.3, -0.25) is 0 Å². The molecule has 0 bridgehead atoms. The number of aromatic carboxylic acids is 1. The van der Waals surface area contributed by atoms with Crippen LogP contribution in [0.2, 0.25) is 0 Å². The monoisotopic (exact) mass is 279 g/mol. The second-order valence-electron chi connectivity index (χ2n) is 4.71. The van der Waals surface area contributed by atoms with Crippen molar-refractivity contribution >= 4 is 5.97 Å². The molecule has 1 aliphatic rings. The molecular weight excluding hydrogens is 268 g/mol. The van der Waals surface area contributed by atoms with E-state index < -0.39 is 23.8 Å². The Balaban J connectivity index is 1.88. The van der Waals surface area contributed by atoms with Gasteiger partial charge in [-0.15, -0.1) is 5.10 Å². The topological polar surface area (TPSA) is 68.0 Å². The molecule has 0 saturated heterocycles. The van der Waals surface area contributed by atoms with Crippen molar-refractivity contribution in [3.8, 4) is 0 Å². The van der Waals surface area contributed by atoms with Crippen molar-refractivity contribution in [3.63, 3.8) is 0 Å². The Labute approximate surface area is 112 Å². The Morgan fingerprint density at radius 2 is 2.20 bits per heavy atom. The molecule has 5 nitrogen and oxygen atoms in total. The first-order chi connectivity index (χ1) is 9.58. The maximum atomic E-state index is 13.0. The van der Waals surface area contributed by atoms with Crippen LogP contribution in [0.25, 0.3) is 0 Å². The van der Waals surface area contributed by atoms with Gasteiger partial charge < -0.3 is 5.11 Å². The zero-order valence-corrected chi connectivity index (χ0v) is 10.3. The molecule has 2 aromatic rings. The standard InChI is InChI=1S/C13H11F2N3O2/c14-12(15)11-10(13(19)20)16-17-18(11)6-8-5-7-3-1-2-4-9(7)8/h1-4,8,12H,5-6H2,(H,19,20). The number of carboxylic acid groups (broad SMARTS) is 1. The van der Waals surface area contributed by atoms with Gasteiger partial charge in [-0.25, -0.2) is 18.3 Å². The maximum Gasteiger partial charge on any atom is 0.358 e. The summed E-state index contributed by atoms with van der Waals surface area (Å²) in [6, 6.07) is 7.76. The van der Waals surface area contributed by atoms with Crippen molar-refractivity contribution in [2.24, 2.45) is 0 Å². The highest BCUT2D eigenvalue weighted by molar-refractivity contribution is 5.86. The Bertz CT molecular complexity index is 669. The number of carbonyl (C=O) groups is 1. The summed E-state index contributed by atoms with van der Waals surface area (Å²) in [5.41, 5.74) is 0.990. The summed E-state index contributed by atoms with van der Waals surface area (Å²) < 4.78 is 27.0. The van der Waals surface area contributed by atoms with Gasteiger partial charge in [0.1, 0.15) is 5.69 Å². The van der Waals surface area contributed by atoms with Crippen LogP contribution in [0.15, 0.2) is 24.3 Å². The van der Waals surface area contributed by atoms with Gasteiger partial charge in [0.15, 0.2) is 5.69 Å². The Kier molecular flexibility index (Phi) is 2.96. The van der Waals surface area contributed by atoms with E-state index in [1.165, 1.54) is 5.56 Å². The fourth-order valence-electron chi connectivity index (χ4n) is 2.56. The number of rotatable bonds is 4. The highest BCUT2D eigenvalue weighted by Gasteiger charge is 2.31. The van der Waals surface area contributed by atoms with Crippen molar-refractivity contribution in [1.29, 1.82) is 0 Å². The molecule has 0 amide bonds. The van der Waals surface area contributed by atoms with Crippen LogP contribution in [0.4, 0.5) is 8.78 Å². The first-order valence-electron chi connectivity index (χ1n) is 6.10. The van der Waals surface area contributed by atoms with E-state index in [2.05, 4.69) is 10.3 Å². The molecule has 0 saturated carbocycles. The minimum Gasteiger partial charge on any atom is -0.476 e. The van der Waals surface area contributed by atoms with Crippen molar-refractivity contribution < 1.29 is 18.7 Å². The quantitative estimate of drug-likeness (QED) is 0.932. The number of fused-ring (bicyclic) bond motifs is 1. The smallest absolute Gasteiger partial charge is 0.358 e. The van der Waals surface area contributed by atoms with Gasteiger partial charge in [0, 0.05) is 5.92 Å². The number of alkyl halides is 2. The molecule has 0 radical (unpaired) electrons. The molecule has 7 heteroatoms. The Hall–Kier alpha value is -2.31. The van der Waals surface area contributed by atoms with Crippen LogP contribution in [-0.2, 0) is 13.0 Å². The van der Waals surface area contributed by atoms with Gasteiger partial charge in [-0.1, -0.05) is 29.5 Å². The number of carboxylic acids is 1. The van der Waals surface area contributed by atoms with Gasteiger partial charge in [-0.05, 0) is 17.5 Å². The SMILES string of the molecule is O=C(O)c1nnn(CC2Cc3ccccc32)c1C(F)F. The van der Waals surface area contributed by atoms with E-state index in [0.717, 1.165) is 16.7 Å². The number of aromatic nitrogens is 3. The van der Waals surface area contributed by atoms with E-state index >= 15 is 0 Å². The fourth-order valence-corrected chi connectivity index (χ4v) is 2.56. The molecule has 1 N–H and O–H groups in total. The molecule has 104 valence electrons. The summed E-state index contributed by atoms with van der Waals surface area (Å²) >= 11 is 0. The van der Waals surface area contributed by atoms with Crippen LogP contribution in [-0.4, -0.2) is 26.1 Å². The normalized spacial score (nSPS) is 16.9. The zero-order chi connectivity index (χ0) is 14.3. The predicted molar refractivity (Wildman–Crippen MR) is 64.8 cm³/mol. The van der Waals surface area contributed by atoms with Crippen LogP contribution >= 0.6 is 0 Å². The largest absolute Gasteiger partial charge is 0.476 e. The number of hydrogen-bond acceptors (Lipinski definition) is 3. The first-order valence-corrected chi connectivity index (χ1v) is 6.10. The third-order valence-electron chi connectivity index (χ3n) is 3.54. The summed E-state index contributed by atoms with van der Waals surface area (Å²) in [7, 11) is 0. The summed E-state index contributed by atoms with van der Waals surface area (Å²) in [5, 5.41) is 15.7. The molecule has 1 aliphatic carbocycles. The zero-order valence-electron chi connectivity index (χ0n) is 10.3. The second-order valence-corrected chi connectivity index (χ2v) is 4.71. The lowest BCUT2D eigenvalue weighted by molar-refractivity contribution is 0.0675. The van der Waals surface area contributed by atoms with Gasteiger partial charge in [0.25, 0.3) is 6.43 Å². The van der Waals surface area contributed by atoms with Gasteiger partial charge in [0.2, 0.25) is 0 Å². The van der Waals surface area contributed by atoms with Crippen molar-refractivity contribution in [1.82, 2.24) is 15.0 Å². The minimum atomic E-state index is -2.91. The van der Waals surface area contributed by atoms with Crippen LogP contribution in [0, 0.1) is 0 Å². The predicted octanol–water partition coefficient (Wildman–Crippen LogP) is 2.25. The number of hydrogen-bond donors (Lipinski definition) is 1. The van der Waals surface area contributed by atoms with Gasteiger partial charge in [-0.2, -0.15) is 0 Å². The van der Waals surface area contributed by atoms with Crippen LogP contribution in [0.3, 0.4) is 0 Å². The molecule has 0 aliphatic heterocycles. The van der Waals surface area contributed by atoms with Gasteiger partial charge >= 0.3 is 5.97 Å². The van der Waals surface area contributed by atoms with Crippen molar-refractivity contribution in [2.75, 3.05) is 0 Å². The molecule has 1 atom stereocenters. The molecule has 1 unspecified atom stereocenters. The third-order valence-corrected chi connectivity index (χ3v) is 3.54. The molecule has 1 aromatic heterocycles. The second kappa shape index (κ2) is 4.66. The van der Waals surface area contributed by atoms with Crippen molar-refractivity contribution in [2.45, 2.75) is 25.3 Å². The van der Waals surface area contributed by atoms with Gasteiger partial charge in [0.05, 0.1) is 6.54 Å². The molecule has 0 fully saturated rings. The molecule has 1 heterocycles. The molecular formula is C13H11F2N3O2. The van der Waals surface area contributed by atoms with E-state index in [1.54, 1.807) is 0 Å². The average molecular weight is 279 g/mol. The molecule has 0 spiro atoms. The molecule has 1 aromatic carbocycles. The van der Waals surface area contributed by atoms with Crippen molar-refractivity contribution in [3.05, 3.63) is 46.8 Å². The highest BCUT2D eigenvalue weighted by Crippen LogP contribution is 2.36. The number of halogens is 2. The van der Waals surface area contributed by atoms with Crippen LogP contribution in [0.1, 0.15) is 39.7 Å². The van der Waals surface area contributed by atoms with Crippen LogP contribution in [0.5, 0.6) is 0 Å². The lowest BCUT2D eigenvalue weighted by Gasteiger charge is -2.30. The maximum absolute atomic E-state index is 13.0. The van der Waals surface area contributed by atoms with Crippen LogP contribution < -0.4 is 0 Å². The summed E-state index contributed by atoms with van der Waals surface area (Å²) in [6.45, 7) is 0.219. The number of benzene rings is 1. The molecule has 3 rings (SSSR count). The first kappa shape index (κ1) is 12.7. The summed E-state index contributed by atoms with van der Waals surface area (Å²) in [5.74, 6) is -1.41. The van der Waals surface area contributed by atoms with E-state index in [9.17, 15) is 13.6 Å². The Morgan fingerprint density at radius 1 is 1.45 bits per heavy atom. The van der Waals surface area contributed by atoms with E-state index in [1.807, 2.05) is 24.3 Å².